The van der Waals surface area contributed by atoms with Gasteiger partial charge in [-0.2, -0.15) is 0 Å². The second-order valence-electron chi connectivity index (χ2n) is 8.43. The monoisotopic (exact) mass is 427 g/mol. The molecule has 2 aromatic heterocycles. The van der Waals surface area contributed by atoms with Gasteiger partial charge < -0.3 is 19.1 Å². The van der Waals surface area contributed by atoms with Crippen molar-refractivity contribution in [3.63, 3.8) is 0 Å². The maximum Gasteiger partial charge on any atom is 0.412 e. The third-order valence-corrected chi connectivity index (χ3v) is 4.44. The van der Waals surface area contributed by atoms with Crippen LogP contribution < -0.4 is 14.8 Å². The molecule has 0 unspecified atom stereocenters. The molecule has 166 valence electrons. The summed E-state index contributed by atoms with van der Waals surface area (Å²) in [5.74, 6) is 1.43. The number of ether oxygens (including phenoxy) is 3. The normalized spacial score (nSPS) is 11.6. The van der Waals surface area contributed by atoms with Gasteiger partial charge in [0.1, 0.15) is 23.4 Å². The van der Waals surface area contributed by atoms with Gasteiger partial charge in [-0.3, -0.25) is 9.72 Å². The summed E-state index contributed by atoms with van der Waals surface area (Å²) in [7, 11) is 7.25. The first-order chi connectivity index (χ1) is 14.6. The zero-order chi connectivity index (χ0) is 22.8. The molecule has 2 heterocycles. The van der Waals surface area contributed by atoms with Crippen molar-refractivity contribution < 1.29 is 19.0 Å². The zero-order valence-electron chi connectivity index (χ0n) is 19.0. The largest absolute Gasteiger partial charge is 0.496 e. The number of hydrogen-bond acceptors (Lipinski definition) is 7. The van der Waals surface area contributed by atoms with E-state index < -0.39 is 11.7 Å². The topological polar surface area (TPSA) is 90.2 Å². The molecule has 1 amide bonds. The Morgan fingerprint density at radius 2 is 1.74 bits per heavy atom. The van der Waals surface area contributed by atoms with E-state index in [1.807, 2.05) is 64.2 Å². The number of carbonyl (C=O) groups excluding carboxylic acids is 1. The fourth-order valence-electron chi connectivity index (χ4n) is 3.22. The molecule has 9 heteroatoms. The van der Waals surface area contributed by atoms with Gasteiger partial charge in [0.15, 0.2) is 5.65 Å². The van der Waals surface area contributed by atoms with E-state index in [9.17, 15) is 4.79 Å². The lowest BCUT2D eigenvalue weighted by atomic mass is 10.0. The van der Waals surface area contributed by atoms with Crippen LogP contribution in [0.4, 0.5) is 10.5 Å². The van der Waals surface area contributed by atoms with Crippen molar-refractivity contribution in [2.75, 3.05) is 33.6 Å². The number of anilines is 1. The Kier molecular flexibility index (Phi) is 6.35. The number of nitrogens with zero attached hydrogens (tertiary/aromatic N) is 4. The number of fused-ring (bicyclic) bond motifs is 1. The lowest BCUT2D eigenvalue weighted by Crippen LogP contribution is -2.27. The number of nitrogens with one attached hydrogen (secondary N) is 1. The van der Waals surface area contributed by atoms with Gasteiger partial charge in [-0.15, -0.1) is 10.2 Å². The van der Waals surface area contributed by atoms with Gasteiger partial charge in [0, 0.05) is 18.3 Å². The van der Waals surface area contributed by atoms with Crippen molar-refractivity contribution in [1.82, 2.24) is 19.5 Å². The summed E-state index contributed by atoms with van der Waals surface area (Å²) in [6.07, 6.45) is 2.90. The Morgan fingerprint density at radius 1 is 1.10 bits per heavy atom. The van der Waals surface area contributed by atoms with Crippen LogP contribution in [0.1, 0.15) is 26.3 Å². The van der Waals surface area contributed by atoms with Crippen LogP contribution in [0, 0.1) is 0 Å². The Hall–Kier alpha value is -3.33. The second kappa shape index (κ2) is 8.81. The zero-order valence-corrected chi connectivity index (χ0v) is 19.0. The number of benzene rings is 1. The fraction of sp³-hybridized carbons (Fsp3) is 0.409. The van der Waals surface area contributed by atoms with Crippen LogP contribution in [-0.2, 0) is 11.3 Å². The van der Waals surface area contributed by atoms with Gasteiger partial charge in [-0.25, -0.2) is 4.79 Å². The summed E-state index contributed by atoms with van der Waals surface area (Å²) >= 11 is 0. The number of aromatic nitrogens is 3. The van der Waals surface area contributed by atoms with Gasteiger partial charge in [0.05, 0.1) is 25.5 Å². The first kappa shape index (κ1) is 22.4. The summed E-state index contributed by atoms with van der Waals surface area (Å²) in [4.78, 5) is 14.4. The third kappa shape index (κ3) is 5.24. The van der Waals surface area contributed by atoms with Crippen molar-refractivity contribution in [2.45, 2.75) is 32.9 Å². The van der Waals surface area contributed by atoms with Crippen LogP contribution in [0.2, 0.25) is 0 Å². The van der Waals surface area contributed by atoms with Crippen LogP contribution in [0.3, 0.4) is 0 Å². The number of rotatable bonds is 6. The highest BCUT2D eigenvalue weighted by Crippen LogP contribution is 2.36. The minimum atomic E-state index is -0.616. The summed E-state index contributed by atoms with van der Waals surface area (Å²) in [6.45, 7) is 6.10. The van der Waals surface area contributed by atoms with Crippen molar-refractivity contribution >= 4 is 17.4 Å². The van der Waals surface area contributed by atoms with Crippen molar-refractivity contribution in [3.8, 4) is 22.6 Å². The molecule has 0 spiro atoms. The van der Waals surface area contributed by atoms with E-state index in [2.05, 4.69) is 15.5 Å². The molecule has 0 aliphatic carbocycles. The van der Waals surface area contributed by atoms with E-state index in [1.165, 1.54) is 0 Å². The SMILES string of the molecule is COc1cc(-c2cc(NC(=O)OC(C)(C)C)c3nncn3c2)cc(OC)c1CN(C)C. The van der Waals surface area contributed by atoms with E-state index in [0.717, 1.165) is 16.7 Å². The van der Waals surface area contributed by atoms with Gasteiger partial charge in [0.2, 0.25) is 0 Å². The number of hydrogen-bond donors (Lipinski definition) is 1. The first-order valence-corrected chi connectivity index (χ1v) is 9.84. The Labute approximate surface area is 181 Å². The smallest absolute Gasteiger partial charge is 0.412 e. The Balaban J connectivity index is 2.08. The van der Waals surface area contributed by atoms with Gasteiger partial charge in [-0.1, -0.05) is 0 Å². The van der Waals surface area contributed by atoms with Crippen LogP contribution in [-0.4, -0.2) is 59.5 Å². The molecule has 0 bridgehead atoms. The average molecular weight is 428 g/mol. The summed E-state index contributed by atoms with van der Waals surface area (Å²) < 4.78 is 18.4. The number of pyridine rings is 1. The summed E-state index contributed by atoms with van der Waals surface area (Å²) in [5, 5.41) is 10.8. The van der Waals surface area contributed by atoms with Crippen molar-refractivity contribution in [3.05, 3.63) is 36.3 Å². The van der Waals surface area contributed by atoms with Crippen LogP contribution >= 0.6 is 0 Å². The molecule has 0 aliphatic heterocycles. The van der Waals surface area contributed by atoms with E-state index in [1.54, 1.807) is 24.9 Å². The number of carbonyl (C=O) groups is 1. The molecule has 0 saturated carbocycles. The van der Waals surface area contributed by atoms with Gasteiger partial charge in [-0.05, 0) is 58.6 Å². The maximum atomic E-state index is 12.4. The standard InChI is InChI=1S/C22H29N5O4/c1-22(2,3)31-21(28)24-17-8-15(11-27-13-23-25-20(17)27)14-9-18(29-6)16(12-26(4)5)19(10-14)30-7/h8-11,13H,12H2,1-7H3,(H,24,28). The van der Waals surface area contributed by atoms with Gasteiger partial charge in [0.25, 0.3) is 0 Å². The molecule has 0 saturated heterocycles. The van der Waals surface area contributed by atoms with E-state index in [4.69, 9.17) is 14.2 Å². The van der Waals surface area contributed by atoms with Crippen molar-refractivity contribution in [1.29, 1.82) is 0 Å². The molecule has 0 atom stereocenters. The highest BCUT2D eigenvalue weighted by molar-refractivity contribution is 5.91. The lowest BCUT2D eigenvalue weighted by molar-refractivity contribution is 0.0636. The first-order valence-electron chi connectivity index (χ1n) is 9.84. The molecular weight excluding hydrogens is 398 g/mol. The molecule has 1 aromatic carbocycles. The van der Waals surface area contributed by atoms with Crippen molar-refractivity contribution in [2.24, 2.45) is 0 Å². The molecule has 9 nitrogen and oxygen atoms in total. The Bertz CT molecular complexity index is 1060. The molecule has 31 heavy (non-hydrogen) atoms. The molecular formula is C22H29N5O4. The van der Waals surface area contributed by atoms with E-state index in [-0.39, 0.29) is 0 Å². The van der Waals surface area contributed by atoms with Gasteiger partial charge >= 0.3 is 6.09 Å². The fourth-order valence-corrected chi connectivity index (χ4v) is 3.22. The molecule has 3 aromatic rings. The predicted octanol–water partition coefficient (Wildman–Crippen LogP) is 3.82. The quantitative estimate of drug-likeness (QED) is 0.639. The molecule has 1 N–H and O–H groups in total. The van der Waals surface area contributed by atoms with E-state index in [0.29, 0.717) is 29.4 Å². The molecule has 0 fully saturated rings. The minimum absolute atomic E-state index is 0.486. The van der Waals surface area contributed by atoms with E-state index >= 15 is 0 Å². The highest BCUT2D eigenvalue weighted by atomic mass is 16.6. The number of amides is 1. The Morgan fingerprint density at radius 3 is 2.29 bits per heavy atom. The molecule has 3 rings (SSSR count). The molecule has 0 aliphatic rings. The van der Waals surface area contributed by atoms with Crippen LogP contribution in [0.5, 0.6) is 11.5 Å². The molecule has 0 radical (unpaired) electrons. The highest BCUT2D eigenvalue weighted by Gasteiger charge is 2.19. The number of methoxy groups -OCH3 is 2. The average Bonchev–Trinajstić information content (AvgIpc) is 3.15. The van der Waals surface area contributed by atoms with Crippen LogP contribution in [0.15, 0.2) is 30.7 Å². The lowest BCUT2D eigenvalue weighted by Gasteiger charge is -2.20. The van der Waals surface area contributed by atoms with Crippen LogP contribution in [0.25, 0.3) is 16.8 Å². The maximum absolute atomic E-state index is 12.4. The summed E-state index contributed by atoms with van der Waals surface area (Å²) in [6, 6.07) is 5.72. The summed E-state index contributed by atoms with van der Waals surface area (Å²) in [5.41, 5.74) is 3.02. The second-order valence-corrected chi connectivity index (χ2v) is 8.43. The minimum Gasteiger partial charge on any atom is -0.496 e. The predicted molar refractivity (Wildman–Crippen MR) is 119 cm³/mol. The third-order valence-electron chi connectivity index (χ3n) is 4.44.